The molecule has 0 spiro atoms. The highest BCUT2D eigenvalue weighted by Crippen LogP contribution is 2.35. The molecule has 94 valence electrons. The lowest BCUT2D eigenvalue weighted by Crippen LogP contribution is -2.33. The zero-order valence-corrected chi connectivity index (χ0v) is 12.4. The van der Waals surface area contributed by atoms with Gasteiger partial charge in [0.2, 0.25) is 0 Å². The highest BCUT2D eigenvalue weighted by molar-refractivity contribution is 9.11. The van der Waals surface area contributed by atoms with E-state index in [1.807, 2.05) is 6.92 Å². The number of aliphatic hydroxyl groups is 1. The van der Waals surface area contributed by atoms with Crippen molar-refractivity contribution in [2.45, 2.75) is 26.1 Å². The molecule has 0 fully saturated rings. The maximum absolute atomic E-state index is 11.1. The minimum absolute atomic E-state index is 0.0650. The van der Waals surface area contributed by atoms with Gasteiger partial charge in [0.15, 0.2) is 6.10 Å². The van der Waals surface area contributed by atoms with Crippen LogP contribution in [-0.4, -0.2) is 17.1 Å². The van der Waals surface area contributed by atoms with Gasteiger partial charge in [0.25, 0.3) is 5.91 Å². The van der Waals surface area contributed by atoms with E-state index in [2.05, 4.69) is 31.9 Å². The average Bonchev–Trinajstić information content (AvgIpc) is 2.27. The number of benzene rings is 1. The van der Waals surface area contributed by atoms with E-state index in [1.54, 1.807) is 12.1 Å². The van der Waals surface area contributed by atoms with Crippen molar-refractivity contribution in [1.29, 1.82) is 0 Å². The van der Waals surface area contributed by atoms with Gasteiger partial charge in [0.05, 0.1) is 15.6 Å². The van der Waals surface area contributed by atoms with E-state index in [-0.39, 0.29) is 6.61 Å². The Morgan fingerprint density at radius 1 is 1.47 bits per heavy atom. The van der Waals surface area contributed by atoms with E-state index in [0.717, 1.165) is 5.56 Å². The molecule has 1 rings (SSSR count). The molecule has 0 saturated carbocycles. The molecule has 1 aromatic rings. The standard InChI is InChI=1S/C11H13Br2NO3/c1-2-9(11(14)16)17-10-7(12)3-6(5-15)4-8(10)13/h3-4,9,15H,2,5H2,1H3,(H2,14,16). The van der Waals surface area contributed by atoms with Crippen LogP contribution in [0.4, 0.5) is 0 Å². The van der Waals surface area contributed by atoms with Crippen molar-refractivity contribution >= 4 is 37.8 Å². The molecular formula is C11H13Br2NO3. The van der Waals surface area contributed by atoms with Gasteiger partial charge < -0.3 is 15.6 Å². The van der Waals surface area contributed by atoms with Crippen molar-refractivity contribution in [3.63, 3.8) is 0 Å². The normalized spacial score (nSPS) is 12.2. The summed E-state index contributed by atoms with van der Waals surface area (Å²) in [6.45, 7) is 1.75. The summed E-state index contributed by atoms with van der Waals surface area (Å²) in [5, 5.41) is 9.04. The molecule has 17 heavy (non-hydrogen) atoms. The highest BCUT2D eigenvalue weighted by atomic mass is 79.9. The predicted molar refractivity (Wildman–Crippen MR) is 71.7 cm³/mol. The largest absolute Gasteiger partial charge is 0.478 e. The van der Waals surface area contributed by atoms with E-state index in [1.165, 1.54) is 0 Å². The minimum atomic E-state index is -0.664. The molecule has 1 unspecified atom stereocenters. The van der Waals surface area contributed by atoms with Gasteiger partial charge in [-0.1, -0.05) is 6.92 Å². The van der Waals surface area contributed by atoms with Gasteiger partial charge in [0.1, 0.15) is 5.75 Å². The predicted octanol–water partition coefficient (Wildman–Crippen LogP) is 2.35. The van der Waals surface area contributed by atoms with Gasteiger partial charge in [-0.2, -0.15) is 0 Å². The number of amides is 1. The Morgan fingerprint density at radius 2 is 2.00 bits per heavy atom. The van der Waals surface area contributed by atoms with Gasteiger partial charge in [-0.05, 0) is 56.0 Å². The Morgan fingerprint density at radius 3 is 2.35 bits per heavy atom. The molecule has 0 aliphatic rings. The fourth-order valence-electron chi connectivity index (χ4n) is 1.30. The molecule has 0 aliphatic heterocycles. The second kappa shape index (κ2) is 6.37. The van der Waals surface area contributed by atoms with Gasteiger partial charge in [-0.3, -0.25) is 4.79 Å². The minimum Gasteiger partial charge on any atom is -0.478 e. The van der Waals surface area contributed by atoms with Crippen molar-refractivity contribution in [3.8, 4) is 5.75 Å². The SMILES string of the molecule is CCC(Oc1c(Br)cc(CO)cc1Br)C(N)=O. The van der Waals surface area contributed by atoms with Crippen molar-refractivity contribution in [2.75, 3.05) is 0 Å². The highest BCUT2D eigenvalue weighted by Gasteiger charge is 2.18. The van der Waals surface area contributed by atoms with Crippen molar-refractivity contribution < 1.29 is 14.6 Å². The summed E-state index contributed by atoms with van der Waals surface area (Å²) < 4.78 is 6.86. The lowest BCUT2D eigenvalue weighted by molar-refractivity contribution is -0.124. The van der Waals surface area contributed by atoms with Crippen LogP contribution < -0.4 is 10.5 Å². The summed E-state index contributed by atoms with van der Waals surface area (Å²) in [5.41, 5.74) is 5.96. The number of rotatable bonds is 5. The molecule has 6 heteroatoms. The summed E-state index contributed by atoms with van der Waals surface area (Å²) in [7, 11) is 0. The molecule has 0 heterocycles. The van der Waals surface area contributed by atoms with E-state index >= 15 is 0 Å². The quantitative estimate of drug-likeness (QED) is 0.840. The number of carbonyl (C=O) groups excluding carboxylic acids is 1. The van der Waals surface area contributed by atoms with Gasteiger partial charge in [-0.25, -0.2) is 0 Å². The molecule has 0 bridgehead atoms. The van der Waals surface area contributed by atoms with Crippen LogP contribution in [0.5, 0.6) is 5.75 Å². The Bertz CT molecular complexity index is 400. The van der Waals surface area contributed by atoms with Crippen LogP contribution in [0.2, 0.25) is 0 Å². The van der Waals surface area contributed by atoms with Gasteiger partial charge in [-0.15, -0.1) is 0 Å². The molecule has 0 radical (unpaired) electrons. The number of primary amides is 1. The first kappa shape index (κ1) is 14.5. The van der Waals surface area contributed by atoms with Crippen LogP contribution in [0, 0.1) is 0 Å². The fourth-order valence-corrected chi connectivity index (χ4v) is 2.77. The molecule has 0 aromatic heterocycles. The average molecular weight is 367 g/mol. The summed E-state index contributed by atoms with van der Waals surface area (Å²) in [5.74, 6) is 0.00499. The third kappa shape index (κ3) is 3.69. The smallest absolute Gasteiger partial charge is 0.258 e. The molecule has 1 atom stereocenters. The first-order chi connectivity index (χ1) is 7.99. The zero-order chi connectivity index (χ0) is 13.0. The molecule has 4 nitrogen and oxygen atoms in total. The molecular weight excluding hydrogens is 354 g/mol. The maximum atomic E-state index is 11.1. The van der Waals surface area contributed by atoms with Crippen LogP contribution in [0.15, 0.2) is 21.1 Å². The summed E-state index contributed by atoms with van der Waals surface area (Å²) >= 11 is 6.65. The number of carbonyl (C=O) groups is 1. The first-order valence-electron chi connectivity index (χ1n) is 5.04. The van der Waals surface area contributed by atoms with E-state index in [0.29, 0.717) is 21.1 Å². The van der Waals surface area contributed by atoms with Crippen LogP contribution in [0.3, 0.4) is 0 Å². The molecule has 1 amide bonds. The third-order valence-electron chi connectivity index (χ3n) is 2.19. The molecule has 1 aromatic carbocycles. The van der Waals surface area contributed by atoms with Gasteiger partial charge >= 0.3 is 0 Å². The Kier molecular flexibility index (Phi) is 5.42. The zero-order valence-electron chi connectivity index (χ0n) is 9.24. The summed E-state index contributed by atoms with van der Waals surface area (Å²) in [4.78, 5) is 11.1. The number of hydrogen-bond acceptors (Lipinski definition) is 3. The van der Waals surface area contributed by atoms with E-state index in [9.17, 15) is 4.79 Å². The van der Waals surface area contributed by atoms with Gasteiger partial charge in [0, 0.05) is 0 Å². The second-order valence-corrected chi connectivity index (χ2v) is 5.17. The van der Waals surface area contributed by atoms with Crippen LogP contribution in [0.25, 0.3) is 0 Å². The molecule has 3 N–H and O–H groups in total. The maximum Gasteiger partial charge on any atom is 0.258 e. The Hall–Kier alpha value is -0.590. The van der Waals surface area contributed by atoms with Crippen LogP contribution in [0.1, 0.15) is 18.9 Å². The van der Waals surface area contributed by atoms with E-state index < -0.39 is 12.0 Å². The first-order valence-corrected chi connectivity index (χ1v) is 6.63. The van der Waals surface area contributed by atoms with Crippen molar-refractivity contribution in [3.05, 3.63) is 26.6 Å². The number of halogens is 2. The van der Waals surface area contributed by atoms with Crippen molar-refractivity contribution in [1.82, 2.24) is 0 Å². The number of aliphatic hydroxyl groups excluding tert-OH is 1. The molecule has 0 saturated heterocycles. The van der Waals surface area contributed by atoms with Crippen molar-refractivity contribution in [2.24, 2.45) is 5.73 Å². The Labute approximate surface area is 116 Å². The summed E-state index contributed by atoms with van der Waals surface area (Å²) in [6, 6.07) is 3.46. The Balaban J connectivity index is 3.02. The topological polar surface area (TPSA) is 72.6 Å². The lowest BCUT2D eigenvalue weighted by atomic mass is 10.2. The summed E-state index contributed by atoms with van der Waals surface area (Å²) in [6.07, 6.45) is -0.168. The van der Waals surface area contributed by atoms with Crippen LogP contribution >= 0.6 is 31.9 Å². The number of ether oxygens (including phenoxy) is 1. The fraction of sp³-hybridized carbons (Fsp3) is 0.364. The van der Waals surface area contributed by atoms with Crippen LogP contribution in [-0.2, 0) is 11.4 Å². The third-order valence-corrected chi connectivity index (χ3v) is 3.37. The van der Waals surface area contributed by atoms with E-state index in [4.69, 9.17) is 15.6 Å². The second-order valence-electron chi connectivity index (χ2n) is 3.46. The number of hydrogen-bond donors (Lipinski definition) is 2. The lowest BCUT2D eigenvalue weighted by Gasteiger charge is -2.17. The number of nitrogens with two attached hydrogens (primary N) is 1. The molecule has 0 aliphatic carbocycles. The monoisotopic (exact) mass is 365 g/mol.